The molecule has 30 heavy (non-hydrogen) atoms. The summed E-state index contributed by atoms with van der Waals surface area (Å²) in [6, 6.07) is 13.3. The Morgan fingerprint density at radius 2 is 1.90 bits per heavy atom. The first-order chi connectivity index (χ1) is 14.4. The van der Waals surface area contributed by atoms with Gasteiger partial charge in [-0.2, -0.15) is 4.98 Å². The molecule has 7 nitrogen and oxygen atoms in total. The summed E-state index contributed by atoms with van der Waals surface area (Å²) in [5.74, 6) is 2.16. The molecule has 1 amide bonds. The number of benzene rings is 2. The van der Waals surface area contributed by atoms with E-state index in [1.807, 2.05) is 63.2 Å². The fourth-order valence-corrected chi connectivity index (χ4v) is 3.10. The molecule has 2 aromatic carbocycles. The van der Waals surface area contributed by atoms with Crippen molar-refractivity contribution in [2.75, 3.05) is 14.2 Å². The van der Waals surface area contributed by atoms with Gasteiger partial charge in [0.1, 0.15) is 11.5 Å². The molecule has 7 heteroatoms. The molecular formula is C23H27N3O4. The number of methoxy groups -OCH3 is 1. The summed E-state index contributed by atoms with van der Waals surface area (Å²) < 4.78 is 16.5. The van der Waals surface area contributed by atoms with Crippen LogP contribution in [0.4, 0.5) is 0 Å². The standard InChI is InChI=1S/C23H27N3O4/c1-6-19(29-20-12-7-15(2)13-16(20)3)23(27)26(4)14-21-24-22(25-30-21)17-8-10-18(28-5)11-9-17/h7-13,19H,6,14H2,1-5H3. The van der Waals surface area contributed by atoms with Crippen LogP contribution in [0.3, 0.4) is 0 Å². The Labute approximate surface area is 176 Å². The summed E-state index contributed by atoms with van der Waals surface area (Å²) in [5, 5.41) is 4.01. The lowest BCUT2D eigenvalue weighted by atomic mass is 10.1. The summed E-state index contributed by atoms with van der Waals surface area (Å²) >= 11 is 0. The van der Waals surface area contributed by atoms with Crippen molar-refractivity contribution in [3.05, 3.63) is 59.5 Å². The van der Waals surface area contributed by atoms with Crippen LogP contribution in [-0.4, -0.2) is 41.2 Å². The Morgan fingerprint density at radius 3 is 2.53 bits per heavy atom. The number of nitrogens with zero attached hydrogens (tertiary/aromatic N) is 3. The summed E-state index contributed by atoms with van der Waals surface area (Å²) in [4.78, 5) is 18.8. The van der Waals surface area contributed by atoms with Crippen LogP contribution in [-0.2, 0) is 11.3 Å². The minimum atomic E-state index is -0.583. The maximum atomic E-state index is 12.9. The predicted octanol–water partition coefficient (Wildman–Crippen LogP) is 4.18. The number of amides is 1. The Bertz CT molecular complexity index is 998. The molecule has 0 saturated heterocycles. The number of aryl methyl sites for hydroxylation is 2. The van der Waals surface area contributed by atoms with Crippen molar-refractivity contribution in [3.63, 3.8) is 0 Å². The van der Waals surface area contributed by atoms with Crippen LogP contribution in [0.5, 0.6) is 11.5 Å². The molecule has 1 atom stereocenters. The number of hydrogen-bond donors (Lipinski definition) is 0. The summed E-state index contributed by atoms with van der Waals surface area (Å²) in [7, 11) is 3.31. The first kappa shape index (κ1) is 21.4. The second kappa shape index (κ2) is 9.43. The number of aromatic nitrogens is 2. The van der Waals surface area contributed by atoms with Crippen LogP contribution >= 0.6 is 0 Å². The SMILES string of the molecule is CCC(Oc1ccc(C)cc1C)C(=O)N(C)Cc1nc(-c2ccc(OC)cc2)no1. The topological polar surface area (TPSA) is 77.7 Å². The van der Waals surface area contributed by atoms with Gasteiger partial charge in [-0.05, 0) is 56.2 Å². The van der Waals surface area contributed by atoms with Gasteiger partial charge in [0.15, 0.2) is 6.10 Å². The number of carbonyl (C=O) groups excluding carboxylic acids is 1. The fraction of sp³-hybridized carbons (Fsp3) is 0.348. The van der Waals surface area contributed by atoms with Gasteiger partial charge < -0.3 is 18.9 Å². The molecule has 1 unspecified atom stereocenters. The minimum Gasteiger partial charge on any atom is -0.497 e. The third-order valence-electron chi connectivity index (χ3n) is 4.81. The van der Waals surface area contributed by atoms with Crippen LogP contribution in [0.25, 0.3) is 11.4 Å². The second-order valence-electron chi connectivity index (χ2n) is 7.22. The van der Waals surface area contributed by atoms with E-state index >= 15 is 0 Å². The van der Waals surface area contributed by atoms with Crippen molar-refractivity contribution in [1.29, 1.82) is 0 Å². The van der Waals surface area contributed by atoms with E-state index in [-0.39, 0.29) is 12.5 Å². The zero-order chi connectivity index (χ0) is 21.7. The number of rotatable bonds is 8. The molecular weight excluding hydrogens is 382 g/mol. The molecule has 3 aromatic rings. The molecule has 1 aromatic heterocycles. The van der Waals surface area contributed by atoms with E-state index in [2.05, 4.69) is 10.1 Å². The molecule has 0 aliphatic heterocycles. The monoisotopic (exact) mass is 409 g/mol. The van der Waals surface area contributed by atoms with Gasteiger partial charge in [0.05, 0.1) is 13.7 Å². The molecule has 0 N–H and O–H groups in total. The highest BCUT2D eigenvalue weighted by atomic mass is 16.5. The molecule has 3 rings (SSSR count). The van der Waals surface area contributed by atoms with E-state index in [9.17, 15) is 4.79 Å². The number of likely N-dealkylation sites (N-methyl/N-ethyl adjacent to an activating group) is 1. The van der Waals surface area contributed by atoms with Gasteiger partial charge >= 0.3 is 0 Å². The van der Waals surface area contributed by atoms with Gasteiger partial charge in [0, 0.05) is 12.6 Å². The van der Waals surface area contributed by atoms with Crippen LogP contribution in [0.15, 0.2) is 47.0 Å². The van der Waals surface area contributed by atoms with Crippen molar-refractivity contribution in [1.82, 2.24) is 15.0 Å². The zero-order valence-corrected chi connectivity index (χ0v) is 18.0. The lowest BCUT2D eigenvalue weighted by Gasteiger charge is -2.23. The number of carbonyl (C=O) groups is 1. The van der Waals surface area contributed by atoms with Gasteiger partial charge in [0.25, 0.3) is 5.91 Å². The van der Waals surface area contributed by atoms with E-state index in [4.69, 9.17) is 14.0 Å². The van der Waals surface area contributed by atoms with Crippen LogP contribution < -0.4 is 9.47 Å². The van der Waals surface area contributed by atoms with E-state index in [0.717, 1.165) is 22.4 Å². The third-order valence-corrected chi connectivity index (χ3v) is 4.81. The molecule has 0 bridgehead atoms. The predicted molar refractivity (Wildman–Crippen MR) is 113 cm³/mol. The lowest BCUT2D eigenvalue weighted by molar-refractivity contribution is -0.138. The molecule has 0 aliphatic carbocycles. The smallest absolute Gasteiger partial charge is 0.263 e. The average Bonchev–Trinajstić information content (AvgIpc) is 3.21. The summed E-state index contributed by atoms with van der Waals surface area (Å²) in [6.45, 7) is 6.13. The lowest BCUT2D eigenvalue weighted by Crippen LogP contribution is -2.39. The molecule has 1 heterocycles. The van der Waals surface area contributed by atoms with Gasteiger partial charge in [-0.25, -0.2) is 0 Å². The van der Waals surface area contributed by atoms with E-state index in [1.165, 1.54) is 0 Å². The Hall–Kier alpha value is -3.35. The normalized spacial score (nSPS) is 11.8. The van der Waals surface area contributed by atoms with E-state index in [0.29, 0.717) is 23.9 Å². The molecule has 0 spiro atoms. The van der Waals surface area contributed by atoms with Crippen molar-refractivity contribution < 1.29 is 18.8 Å². The first-order valence-electron chi connectivity index (χ1n) is 9.87. The Kier molecular flexibility index (Phi) is 6.72. The fourth-order valence-electron chi connectivity index (χ4n) is 3.10. The highest BCUT2D eigenvalue weighted by Gasteiger charge is 2.24. The maximum Gasteiger partial charge on any atom is 0.263 e. The van der Waals surface area contributed by atoms with E-state index in [1.54, 1.807) is 19.1 Å². The van der Waals surface area contributed by atoms with Crippen molar-refractivity contribution >= 4 is 5.91 Å². The molecule has 158 valence electrons. The van der Waals surface area contributed by atoms with Crippen molar-refractivity contribution in [2.24, 2.45) is 0 Å². The Morgan fingerprint density at radius 1 is 1.17 bits per heavy atom. The van der Waals surface area contributed by atoms with E-state index < -0.39 is 6.10 Å². The molecule has 0 saturated carbocycles. The molecule has 0 aliphatic rings. The van der Waals surface area contributed by atoms with Gasteiger partial charge in [-0.1, -0.05) is 29.8 Å². The van der Waals surface area contributed by atoms with Crippen molar-refractivity contribution in [3.8, 4) is 22.9 Å². The summed E-state index contributed by atoms with van der Waals surface area (Å²) in [5.41, 5.74) is 2.97. The maximum absolute atomic E-state index is 12.9. The zero-order valence-electron chi connectivity index (χ0n) is 18.0. The van der Waals surface area contributed by atoms with Crippen LogP contribution in [0.2, 0.25) is 0 Å². The quantitative estimate of drug-likeness (QED) is 0.555. The minimum absolute atomic E-state index is 0.137. The molecule has 0 fully saturated rings. The van der Waals surface area contributed by atoms with Crippen LogP contribution in [0, 0.1) is 13.8 Å². The highest BCUT2D eigenvalue weighted by molar-refractivity contribution is 5.81. The van der Waals surface area contributed by atoms with Gasteiger partial charge in [0.2, 0.25) is 11.7 Å². The summed E-state index contributed by atoms with van der Waals surface area (Å²) in [6.07, 6.45) is -0.0300. The van der Waals surface area contributed by atoms with Gasteiger partial charge in [-0.15, -0.1) is 0 Å². The first-order valence-corrected chi connectivity index (χ1v) is 9.87. The number of hydrogen-bond acceptors (Lipinski definition) is 6. The highest BCUT2D eigenvalue weighted by Crippen LogP contribution is 2.22. The van der Waals surface area contributed by atoms with Crippen LogP contribution in [0.1, 0.15) is 30.4 Å². The van der Waals surface area contributed by atoms with Gasteiger partial charge in [-0.3, -0.25) is 4.79 Å². The second-order valence-corrected chi connectivity index (χ2v) is 7.22. The average molecular weight is 409 g/mol. The number of ether oxygens (including phenoxy) is 2. The largest absolute Gasteiger partial charge is 0.497 e. The molecule has 0 radical (unpaired) electrons. The van der Waals surface area contributed by atoms with Crippen molar-refractivity contribution in [2.45, 2.75) is 39.8 Å². The Balaban J connectivity index is 1.66. The third kappa shape index (κ3) is 4.97.